The second-order valence-corrected chi connectivity index (χ2v) is 34.0. The molecule has 0 aliphatic rings. The minimum atomic E-state index is -4.51. The van der Waals surface area contributed by atoms with Crippen LogP contribution in [0.25, 0.3) is 21.5 Å². The van der Waals surface area contributed by atoms with Crippen molar-refractivity contribution in [2.24, 2.45) is 0 Å². The molecule has 0 spiro atoms. The molecule has 101 heavy (non-hydrogen) atoms. The quantitative estimate of drug-likeness (QED) is 0.0247. The molecule has 0 N–H and O–H groups in total. The van der Waals surface area contributed by atoms with Crippen LogP contribution in [-0.4, -0.2) is 74.8 Å². The third-order valence-electron chi connectivity index (χ3n) is 22.0. The molecule has 0 radical (unpaired) electrons. The second kappa shape index (κ2) is 67.0. The van der Waals surface area contributed by atoms with E-state index in [-0.39, 0.29) is 58.7 Å². The minimum absolute atomic E-state index is 0. The van der Waals surface area contributed by atoms with Crippen molar-refractivity contribution < 1.29 is 25.9 Å². The Kier molecular flexibility index (Phi) is 63.5. The predicted molar refractivity (Wildman–Crippen MR) is 443 cm³/mol. The molecule has 0 heterocycles. The molecule has 4 aromatic carbocycles. The zero-order valence-corrected chi connectivity index (χ0v) is 72.9. The Morgan fingerprint density at radius 3 is 0.554 bits per heavy atom. The number of unbranched alkanes of at least 4 members (excludes halogenated alkanes) is 60. The molecule has 0 aliphatic carbocycles. The van der Waals surface area contributed by atoms with E-state index in [4.69, 9.17) is 0 Å². The molecule has 0 unspecified atom stereocenters. The summed E-state index contributed by atoms with van der Waals surface area (Å²) in [7, 11) is -9.01. The Balaban J connectivity index is 0.000000680. The van der Waals surface area contributed by atoms with E-state index in [1.54, 1.807) is 12.1 Å². The number of fused-ring (bicyclic) bond motifs is 2. The van der Waals surface area contributed by atoms with Crippen LogP contribution in [0.4, 0.5) is 0 Å². The summed E-state index contributed by atoms with van der Waals surface area (Å²) in [6.45, 7) is 9.14. The zero-order chi connectivity index (χ0) is 71.9. The molecule has 0 bridgehead atoms. The minimum Gasteiger partial charge on any atom is -0.744 e. The van der Waals surface area contributed by atoms with Crippen molar-refractivity contribution in [2.45, 2.75) is 474 Å². The molecule has 9 heteroatoms. The maximum Gasteiger partial charge on any atom is 2.00 e. The molecule has 0 saturated heterocycles. The molecular weight excluding hydrogens is 1400 g/mol. The summed E-state index contributed by atoms with van der Waals surface area (Å²) >= 11 is 0. The predicted octanol–water partition coefficient (Wildman–Crippen LogP) is 30.3. The van der Waals surface area contributed by atoms with Gasteiger partial charge < -0.3 is 9.11 Å². The van der Waals surface area contributed by atoms with Crippen molar-refractivity contribution in [3.05, 3.63) is 82.9 Å². The molecule has 576 valence electrons. The van der Waals surface area contributed by atoms with Crippen LogP contribution in [0.3, 0.4) is 0 Å². The van der Waals surface area contributed by atoms with Gasteiger partial charge in [0.05, 0.1) is 9.79 Å². The van der Waals surface area contributed by atoms with Gasteiger partial charge in [0.1, 0.15) is 20.2 Å². The van der Waals surface area contributed by atoms with Crippen LogP contribution in [0.1, 0.15) is 461 Å². The van der Waals surface area contributed by atoms with Gasteiger partial charge in [0.2, 0.25) is 0 Å². The Morgan fingerprint density at radius 2 is 0.376 bits per heavy atom. The van der Waals surface area contributed by atoms with Crippen LogP contribution < -0.4 is 0 Å². The molecular formula is C92H158BaO6S2. The van der Waals surface area contributed by atoms with E-state index >= 15 is 0 Å². The molecule has 4 aromatic rings. The average molecular weight is 1560 g/mol. The SMILES string of the molecule is CCCCCCCCCCCCCCCCCCc1ccc2c(S(=O)(=O)[O-])ccc(CCCCCCCCCCCCCCCCCC)c2c1.CCCCCCCCCCCCCCCCCCc1ccc2c(S(=O)(=O)[O-])ccc(CCCCCCCCCCCCCCCCCC)c2c1.[Ba+2]. The van der Waals surface area contributed by atoms with Crippen LogP contribution in [0, 0.1) is 0 Å². The number of aryl methyl sites for hydroxylation is 4. The van der Waals surface area contributed by atoms with Gasteiger partial charge in [-0.2, -0.15) is 0 Å². The van der Waals surface area contributed by atoms with Crippen molar-refractivity contribution >= 4 is 90.7 Å². The van der Waals surface area contributed by atoms with E-state index in [0.29, 0.717) is 10.8 Å². The van der Waals surface area contributed by atoms with Crippen molar-refractivity contribution in [1.29, 1.82) is 0 Å². The smallest absolute Gasteiger partial charge is 0.744 e. The summed E-state index contributed by atoms with van der Waals surface area (Å²) in [5.41, 5.74) is 4.89. The van der Waals surface area contributed by atoms with E-state index in [1.165, 1.54) is 408 Å². The summed E-state index contributed by atoms with van der Waals surface area (Å²) in [6.07, 6.45) is 91.1. The van der Waals surface area contributed by atoms with Gasteiger partial charge in [0, 0.05) is 0 Å². The molecule has 0 aromatic heterocycles. The fourth-order valence-corrected chi connectivity index (χ4v) is 16.9. The second-order valence-electron chi connectivity index (χ2n) is 31.3. The summed E-state index contributed by atoms with van der Waals surface area (Å²) in [6, 6.07) is 19.1. The fraction of sp³-hybridized carbons (Fsp3) is 0.783. The largest absolute Gasteiger partial charge is 2.00 e. The molecule has 0 fully saturated rings. The molecule has 4 rings (SSSR count). The average Bonchev–Trinajstić information content (AvgIpc) is 0.787. The summed E-state index contributed by atoms with van der Waals surface area (Å²) in [5.74, 6) is 0. The van der Waals surface area contributed by atoms with Crippen molar-refractivity contribution in [1.82, 2.24) is 0 Å². The van der Waals surface area contributed by atoms with Crippen molar-refractivity contribution in [2.75, 3.05) is 0 Å². The van der Waals surface area contributed by atoms with E-state index in [0.717, 1.165) is 62.1 Å². The first-order valence-corrected chi connectivity index (χ1v) is 46.8. The Bertz CT molecular complexity index is 2570. The Hall–Kier alpha value is -1.21. The first-order valence-electron chi connectivity index (χ1n) is 43.9. The first-order chi connectivity index (χ1) is 48.9. The maximum atomic E-state index is 12.0. The molecule has 0 aliphatic heterocycles. The third-order valence-corrected chi connectivity index (χ3v) is 23.8. The van der Waals surface area contributed by atoms with Crippen molar-refractivity contribution in [3.63, 3.8) is 0 Å². The molecule has 0 saturated carbocycles. The molecule has 6 nitrogen and oxygen atoms in total. The summed E-state index contributed by atoms with van der Waals surface area (Å²) < 4.78 is 72.3. The van der Waals surface area contributed by atoms with E-state index in [2.05, 4.69) is 39.8 Å². The van der Waals surface area contributed by atoms with Crippen molar-refractivity contribution in [3.8, 4) is 0 Å². The monoisotopic (exact) mass is 1560 g/mol. The van der Waals surface area contributed by atoms with Crippen LogP contribution in [0.5, 0.6) is 0 Å². The topological polar surface area (TPSA) is 114 Å². The maximum absolute atomic E-state index is 12.0. The molecule has 0 amide bonds. The van der Waals surface area contributed by atoms with Crippen LogP contribution in [-0.2, 0) is 45.9 Å². The third kappa shape index (κ3) is 50.9. The van der Waals surface area contributed by atoms with Gasteiger partial charge in [0.15, 0.2) is 0 Å². The number of benzene rings is 4. The van der Waals surface area contributed by atoms with Crippen LogP contribution in [0.2, 0.25) is 0 Å². The van der Waals surface area contributed by atoms with Gasteiger partial charge in [-0.05, 0) is 107 Å². The Morgan fingerprint density at radius 1 is 0.208 bits per heavy atom. The zero-order valence-electron chi connectivity index (χ0n) is 66.8. The van der Waals surface area contributed by atoms with Crippen LogP contribution >= 0.6 is 0 Å². The number of hydrogen-bond acceptors (Lipinski definition) is 6. The first kappa shape index (κ1) is 95.9. The van der Waals surface area contributed by atoms with Crippen LogP contribution in [0.15, 0.2) is 70.5 Å². The number of rotatable bonds is 70. The molecule has 0 atom stereocenters. The van der Waals surface area contributed by atoms with Gasteiger partial charge in [-0.15, -0.1) is 0 Å². The van der Waals surface area contributed by atoms with Gasteiger partial charge in [-0.1, -0.05) is 461 Å². The summed E-state index contributed by atoms with van der Waals surface area (Å²) in [5, 5.41) is 3.14. The Labute approximate surface area is 667 Å². The van der Waals surface area contributed by atoms with Gasteiger partial charge in [0.25, 0.3) is 0 Å². The van der Waals surface area contributed by atoms with E-state index in [9.17, 15) is 25.9 Å². The fourth-order valence-electron chi connectivity index (χ4n) is 15.5. The standard InChI is InChI=1S/2C46H80O3S.Ba/c2*1-3-5-7-9-11-13-15-17-19-21-23-25-27-29-31-33-35-42-37-39-44-45(41-42)43(38-40-46(44)50(47,48)49)36-34-32-30-28-26-24-22-20-18-16-14-12-10-8-6-4-2;/h2*37-41H,3-36H2,1-2H3,(H,47,48,49);/q;;+2/p-2. The van der Waals surface area contributed by atoms with E-state index in [1.807, 2.05) is 36.4 Å². The normalized spacial score (nSPS) is 11.9. The number of hydrogen-bond donors (Lipinski definition) is 0. The van der Waals surface area contributed by atoms with E-state index < -0.39 is 20.2 Å². The van der Waals surface area contributed by atoms with Gasteiger partial charge in [-0.25, -0.2) is 16.8 Å². The van der Waals surface area contributed by atoms with Gasteiger partial charge in [-0.3, -0.25) is 0 Å². The van der Waals surface area contributed by atoms with Gasteiger partial charge >= 0.3 is 48.9 Å². The summed E-state index contributed by atoms with van der Waals surface area (Å²) in [4.78, 5) is -0.144.